The number of nitrogens with zero attached hydrogens (tertiary/aromatic N) is 1. The van der Waals surface area contributed by atoms with Gasteiger partial charge in [0.2, 0.25) is 10.0 Å². The number of anilines is 1. The molecule has 10 heteroatoms. The number of rotatable bonds is 9. The molecular formula is C22H29N3O6S. The largest absolute Gasteiger partial charge is 0.451 e. The van der Waals surface area contributed by atoms with E-state index in [2.05, 4.69) is 10.3 Å². The van der Waals surface area contributed by atoms with Crippen molar-refractivity contribution < 1.29 is 27.5 Å². The van der Waals surface area contributed by atoms with Crippen LogP contribution in [-0.2, 0) is 19.6 Å². The molecule has 0 radical (unpaired) electrons. The van der Waals surface area contributed by atoms with Crippen LogP contribution >= 0.6 is 0 Å². The maximum atomic E-state index is 12.9. The summed E-state index contributed by atoms with van der Waals surface area (Å²) in [5.74, 6) is -1.56. The summed E-state index contributed by atoms with van der Waals surface area (Å²) in [5.41, 5.74) is 2.37. The smallest absolute Gasteiger partial charge is 0.355 e. The Morgan fingerprint density at radius 1 is 1.09 bits per heavy atom. The molecule has 0 aliphatic carbocycles. The summed E-state index contributed by atoms with van der Waals surface area (Å²) in [6, 6.07) is 4.57. The van der Waals surface area contributed by atoms with Crippen molar-refractivity contribution in [1.29, 1.82) is 0 Å². The lowest BCUT2D eigenvalue weighted by Gasteiger charge is -2.20. The van der Waals surface area contributed by atoms with E-state index >= 15 is 0 Å². The number of Topliss-reactive ketones (excluding diaryl/α,β-unsaturated/α-hetero) is 1. The van der Waals surface area contributed by atoms with Crippen LogP contribution in [0.25, 0.3) is 0 Å². The Labute approximate surface area is 188 Å². The highest BCUT2D eigenvalue weighted by molar-refractivity contribution is 7.89. The fourth-order valence-electron chi connectivity index (χ4n) is 3.54. The van der Waals surface area contributed by atoms with Crippen LogP contribution in [0.1, 0.15) is 58.4 Å². The number of sulfonamides is 1. The Hall–Kier alpha value is -2.98. The SMILES string of the molecule is CCN(CC)S(=O)(=O)c1cc(NC(=O)COC(=O)c2[nH]c(C)c(C(C)=O)c2C)ccc1C. The number of ketones is 1. The molecule has 1 heterocycles. The van der Waals surface area contributed by atoms with Gasteiger partial charge in [0.25, 0.3) is 5.91 Å². The van der Waals surface area contributed by atoms with Crippen molar-refractivity contribution in [3.63, 3.8) is 0 Å². The monoisotopic (exact) mass is 463 g/mol. The molecule has 0 unspecified atom stereocenters. The minimum Gasteiger partial charge on any atom is -0.451 e. The second-order valence-corrected chi connectivity index (χ2v) is 9.28. The normalized spacial score (nSPS) is 11.5. The Morgan fingerprint density at radius 2 is 1.72 bits per heavy atom. The second-order valence-electron chi connectivity index (χ2n) is 7.38. The molecule has 1 aromatic heterocycles. The van der Waals surface area contributed by atoms with E-state index in [1.165, 1.54) is 17.3 Å². The first-order valence-corrected chi connectivity index (χ1v) is 11.7. The fourth-order valence-corrected chi connectivity index (χ4v) is 5.25. The van der Waals surface area contributed by atoms with Crippen LogP contribution in [-0.4, -0.2) is 55.1 Å². The van der Waals surface area contributed by atoms with Gasteiger partial charge in [0.1, 0.15) is 5.69 Å². The summed E-state index contributed by atoms with van der Waals surface area (Å²) in [6.07, 6.45) is 0. The second kappa shape index (κ2) is 10.1. The first-order chi connectivity index (χ1) is 14.9. The molecule has 0 aliphatic heterocycles. The summed E-state index contributed by atoms with van der Waals surface area (Å²) in [4.78, 5) is 39.3. The number of hydrogen-bond acceptors (Lipinski definition) is 6. The number of carbonyl (C=O) groups excluding carboxylic acids is 3. The minimum absolute atomic E-state index is 0.102. The Morgan fingerprint density at radius 3 is 2.25 bits per heavy atom. The van der Waals surface area contributed by atoms with Gasteiger partial charge >= 0.3 is 5.97 Å². The van der Waals surface area contributed by atoms with Gasteiger partial charge in [-0.2, -0.15) is 4.31 Å². The number of amides is 1. The maximum absolute atomic E-state index is 12.9. The molecule has 0 spiro atoms. The van der Waals surface area contributed by atoms with Gasteiger partial charge in [0.15, 0.2) is 12.4 Å². The van der Waals surface area contributed by atoms with E-state index in [0.29, 0.717) is 35.5 Å². The zero-order valence-electron chi connectivity index (χ0n) is 19.2. The number of ether oxygens (including phenoxy) is 1. The van der Waals surface area contributed by atoms with E-state index in [1.807, 2.05) is 0 Å². The number of H-pyrrole nitrogens is 1. The number of hydrogen-bond donors (Lipinski definition) is 2. The van der Waals surface area contributed by atoms with Gasteiger partial charge < -0.3 is 15.0 Å². The summed E-state index contributed by atoms with van der Waals surface area (Å²) >= 11 is 0. The van der Waals surface area contributed by atoms with Crippen LogP contribution in [0.3, 0.4) is 0 Å². The van der Waals surface area contributed by atoms with E-state index in [4.69, 9.17) is 4.74 Å². The van der Waals surface area contributed by atoms with Crippen LogP contribution in [0.15, 0.2) is 23.1 Å². The number of esters is 1. The molecule has 9 nitrogen and oxygen atoms in total. The molecule has 0 saturated heterocycles. The highest BCUT2D eigenvalue weighted by Gasteiger charge is 2.25. The third kappa shape index (κ3) is 5.25. The highest BCUT2D eigenvalue weighted by Crippen LogP contribution is 2.24. The van der Waals surface area contributed by atoms with Crippen LogP contribution < -0.4 is 5.32 Å². The van der Waals surface area contributed by atoms with Crippen molar-refractivity contribution in [2.75, 3.05) is 25.0 Å². The summed E-state index contributed by atoms with van der Waals surface area (Å²) in [6.45, 7) is 9.97. The van der Waals surface area contributed by atoms with Crippen LogP contribution in [0, 0.1) is 20.8 Å². The maximum Gasteiger partial charge on any atom is 0.355 e. The van der Waals surface area contributed by atoms with E-state index in [9.17, 15) is 22.8 Å². The van der Waals surface area contributed by atoms with Gasteiger partial charge in [0.05, 0.1) is 4.90 Å². The van der Waals surface area contributed by atoms with Crippen molar-refractivity contribution in [3.8, 4) is 0 Å². The Balaban J connectivity index is 2.12. The first-order valence-electron chi connectivity index (χ1n) is 10.2. The third-order valence-electron chi connectivity index (χ3n) is 5.12. The van der Waals surface area contributed by atoms with Crippen molar-refractivity contribution in [3.05, 3.63) is 46.3 Å². The van der Waals surface area contributed by atoms with Crippen LogP contribution in [0.2, 0.25) is 0 Å². The molecular weight excluding hydrogens is 434 g/mol. The summed E-state index contributed by atoms with van der Waals surface area (Å²) < 4.78 is 32.1. The first kappa shape index (κ1) is 25.3. The lowest BCUT2D eigenvalue weighted by molar-refractivity contribution is -0.119. The summed E-state index contributed by atoms with van der Waals surface area (Å²) in [7, 11) is -3.70. The lowest BCUT2D eigenvalue weighted by Crippen LogP contribution is -2.31. The van der Waals surface area contributed by atoms with Crippen LogP contribution in [0.5, 0.6) is 0 Å². The molecule has 174 valence electrons. The lowest BCUT2D eigenvalue weighted by atomic mass is 10.1. The van der Waals surface area contributed by atoms with Gasteiger partial charge in [-0.05, 0) is 51.0 Å². The number of aromatic nitrogens is 1. The number of benzene rings is 1. The quantitative estimate of drug-likeness (QED) is 0.435. The van der Waals surface area contributed by atoms with Crippen molar-refractivity contribution in [2.24, 2.45) is 0 Å². The number of aromatic amines is 1. The Bertz CT molecular complexity index is 1150. The molecule has 2 rings (SSSR count). The highest BCUT2D eigenvalue weighted by atomic mass is 32.2. The molecule has 0 bridgehead atoms. The van der Waals surface area contributed by atoms with Gasteiger partial charge in [-0.3, -0.25) is 9.59 Å². The zero-order valence-corrected chi connectivity index (χ0v) is 20.0. The average molecular weight is 464 g/mol. The van der Waals surface area contributed by atoms with Gasteiger partial charge in [-0.1, -0.05) is 19.9 Å². The number of carbonyl (C=O) groups is 3. The zero-order chi connectivity index (χ0) is 24.2. The fraction of sp³-hybridized carbons (Fsp3) is 0.409. The number of aryl methyl sites for hydroxylation is 2. The predicted octanol–water partition coefficient (Wildman–Crippen LogP) is 2.97. The average Bonchev–Trinajstić information content (AvgIpc) is 3.02. The third-order valence-corrected chi connectivity index (χ3v) is 7.32. The van der Waals surface area contributed by atoms with E-state index in [-0.39, 0.29) is 22.1 Å². The van der Waals surface area contributed by atoms with Crippen molar-refractivity contribution in [2.45, 2.75) is 46.4 Å². The molecule has 0 fully saturated rings. The predicted molar refractivity (Wildman–Crippen MR) is 120 cm³/mol. The van der Waals surface area contributed by atoms with E-state index in [1.54, 1.807) is 46.8 Å². The molecule has 1 amide bonds. The van der Waals surface area contributed by atoms with E-state index in [0.717, 1.165) is 0 Å². The Kier molecular flexibility index (Phi) is 7.97. The standard InChI is InChI=1S/C22H29N3O6S/c1-7-25(8-2)32(29,30)18-11-17(10-9-13(18)3)24-19(27)12-31-22(28)21-14(4)20(16(6)26)15(5)23-21/h9-11,23H,7-8,12H2,1-6H3,(H,24,27). The molecule has 0 atom stereocenters. The molecule has 0 aliphatic rings. The molecule has 2 aromatic rings. The minimum atomic E-state index is -3.70. The van der Waals surface area contributed by atoms with Crippen molar-refractivity contribution >= 4 is 33.4 Å². The molecule has 2 N–H and O–H groups in total. The van der Waals surface area contributed by atoms with Crippen molar-refractivity contribution in [1.82, 2.24) is 9.29 Å². The molecule has 1 aromatic carbocycles. The summed E-state index contributed by atoms with van der Waals surface area (Å²) in [5, 5.41) is 2.55. The molecule has 0 saturated carbocycles. The molecule has 32 heavy (non-hydrogen) atoms. The van der Waals surface area contributed by atoms with E-state index < -0.39 is 28.5 Å². The van der Waals surface area contributed by atoms with Gasteiger partial charge in [0, 0.05) is 30.0 Å². The van der Waals surface area contributed by atoms with Crippen LogP contribution in [0.4, 0.5) is 5.69 Å². The van der Waals surface area contributed by atoms with Gasteiger partial charge in [-0.25, -0.2) is 13.2 Å². The number of nitrogens with one attached hydrogen (secondary N) is 2. The van der Waals surface area contributed by atoms with Gasteiger partial charge in [-0.15, -0.1) is 0 Å². The topological polar surface area (TPSA) is 126 Å².